The molecule has 0 aromatic carbocycles. The van der Waals surface area contributed by atoms with E-state index in [4.69, 9.17) is 11.6 Å². The van der Waals surface area contributed by atoms with Gasteiger partial charge in [-0.3, -0.25) is 9.59 Å². The molecule has 1 N–H and O–H groups in total. The van der Waals surface area contributed by atoms with Crippen LogP contribution in [0.5, 0.6) is 0 Å². The van der Waals surface area contributed by atoms with Gasteiger partial charge in [0.15, 0.2) is 0 Å². The van der Waals surface area contributed by atoms with Crippen molar-refractivity contribution in [2.75, 3.05) is 13.6 Å². The zero-order valence-electron chi connectivity index (χ0n) is 13.1. The van der Waals surface area contributed by atoms with Crippen LogP contribution in [0.4, 0.5) is 0 Å². The van der Waals surface area contributed by atoms with E-state index >= 15 is 0 Å². The first-order chi connectivity index (χ1) is 9.70. The highest BCUT2D eigenvalue weighted by molar-refractivity contribution is 6.29. The van der Waals surface area contributed by atoms with Gasteiger partial charge in [-0.25, -0.2) is 4.98 Å². The number of nitrogens with zero attached hydrogens (tertiary/aromatic N) is 2. The van der Waals surface area contributed by atoms with Crippen molar-refractivity contribution < 1.29 is 9.59 Å². The molecule has 0 saturated heterocycles. The summed E-state index contributed by atoms with van der Waals surface area (Å²) in [5.74, 6) is -0.269. The molecule has 116 valence electrons. The topological polar surface area (TPSA) is 62.3 Å². The van der Waals surface area contributed by atoms with Crippen molar-refractivity contribution in [3.8, 4) is 0 Å². The lowest BCUT2D eigenvalue weighted by Gasteiger charge is -2.18. The van der Waals surface area contributed by atoms with Crippen LogP contribution in [0.3, 0.4) is 0 Å². The Hall–Kier alpha value is -1.62. The first-order valence-corrected chi connectivity index (χ1v) is 7.30. The van der Waals surface area contributed by atoms with E-state index in [1.54, 1.807) is 13.1 Å². The predicted octanol–water partition coefficient (Wildman–Crippen LogP) is 2.46. The summed E-state index contributed by atoms with van der Waals surface area (Å²) < 4.78 is 0. The van der Waals surface area contributed by atoms with Crippen LogP contribution < -0.4 is 5.32 Å². The van der Waals surface area contributed by atoms with Crippen LogP contribution in [0.2, 0.25) is 5.15 Å². The average molecular weight is 312 g/mol. The summed E-state index contributed by atoms with van der Waals surface area (Å²) in [6, 6.07) is 3.28. The lowest BCUT2D eigenvalue weighted by molar-refractivity contribution is -0.122. The maximum absolute atomic E-state index is 12.4. The molecule has 21 heavy (non-hydrogen) atoms. The molecule has 5 nitrogen and oxygen atoms in total. The third-order valence-electron chi connectivity index (χ3n) is 2.83. The minimum absolute atomic E-state index is 0.00790. The Bertz CT molecular complexity index is 530. The highest BCUT2D eigenvalue weighted by atomic mass is 35.5. The van der Waals surface area contributed by atoms with Crippen molar-refractivity contribution in [2.45, 2.75) is 39.7 Å². The van der Waals surface area contributed by atoms with Crippen molar-refractivity contribution >= 4 is 23.4 Å². The Balaban J connectivity index is 2.85. The molecule has 6 heteroatoms. The Labute approximate surface area is 130 Å². The van der Waals surface area contributed by atoms with E-state index in [0.717, 1.165) is 5.69 Å². The highest BCUT2D eigenvalue weighted by Gasteiger charge is 2.17. The number of hydrogen-bond donors (Lipinski definition) is 1. The number of nitrogens with one attached hydrogen (secondary N) is 1. The van der Waals surface area contributed by atoms with Crippen molar-refractivity contribution in [1.29, 1.82) is 0 Å². The fourth-order valence-corrected chi connectivity index (χ4v) is 2.03. The van der Waals surface area contributed by atoms with E-state index in [2.05, 4.69) is 10.3 Å². The predicted molar refractivity (Wildman–Crippen MR) is 83.6 cm³/mol. The third-order valence-corrected chi connectivity index (χ3v) is 3.02. The van der Waals surface area contributed by atoms with E-state index in [1.807, 2.05) is 27.7 Å². The summed E-state index contributed by atoms with van der Waals surface area (Å²) in [5, 5.41) is 3.03. The molecule has 0 aliphatic rings. The SMILES string of the molecule is CC(C)NC(=O)CN(C)C(=O)c1cc(Cl)nc(C(C)C)c1. The summed E-state index contributed by atoms with van der Waals surface area (Å²) in [4.78, 5) is 29.6. The van der Waals surface area contributed by atoms with Crippen molar-refractivity contribution in [2.24, 2.45) is 0 Å². The summed E-state index contributed by atoms with van der Waals surface area (Å²) in [5.41, 5.74) is 1.20. The number of amides is 2. The van der Waals surface area contributed by atoms with Crippen LogP contribution in [0.25, 0.3) is 0 Å². The number of halogens is 1. The van der Waals surface area contributed by atoms with Gasteiger partial charge in [0.1, 0.15) is 5.15 Å². The lowest BCUT2D eigenvalue weighted by atomic mass is 10.1. The molecule has 0 atom stereocenters. The molecule has 0 aliphatic carbocycles. The Kier molecular flexibility index (Phi) is 6.15. The van der Waals surface area contributed by atoms with E-state index in [9.17, 15) is 9.59 Å². The quantitative estimate of drug-likeness (QED) is 0.850. The van der Waals surface area contributed by atoms with E-state index < -0.39 is 0 Å². The maximum atomic E-state index is 12.4. The van der Waals surface area contributed by atoms with Crippen molar-refractivity contribution in [1.82, 2.24) is 15.2 Å². The van der Waals surface area contributed by atoms with Crippen LogP contribution in [-0.2, 0) is 4.79 Å². The van der Waals surface area contributed by atoms with Gasteiger partial charge in [0.25, 0.3) is 5.91 Å². The van der Waals surface area contributed by atoms with Crippen LogP contribution in [0.1, 0.15) is 49.7 Å². The van der Waals surface area contributed by atoms with Crippen LogP contribution in [0.15, 0.2) is 12.1 Å². The minimum Gasteiger partial charge on any atom is -0.352 e. The van der Waals surface area contributed by atoms with Gasteiger partial charge in [-0.1, -0.05) is 25.4 Å². The van der Waals surface area contributed by atoms with Gasteiger partial charge in [0.05, 0.1) is 6.54 Å². The molecule has 0 aliphatic heterocycles. The van der Waals surface area contributed by atoms with Crippen molar-refractivity contribution in [3.05, 3.63) is 28.5 Å². The summed E-state index contributed by atoms with van der Waals surface area (Å²) in [6.45, 7) is 7.71. The molecular formula is C15H22ClN3O2. The zero-order valence-corrected chi connectivity index (χ0v) is 13.9. The van der Waals surface area contributed by atoms with Gasteiger partial charge in [-0.2, -0.15) is 0 Å². The molecule has 1 aromatic rings. The molecule has 0 bridgehead atoms. The fourth-order valence-electron chi connectivity index (χ4n) is 1.81. The fraction of sp³-hybridized carbons (Fsp3) is 0.533. The van der Waals surface area contributed by atoms with Crippen LogP contribution >= 0.6 is 11.6 Å². The number of pyridine rings is 1. The largest absolute Gasteiger partial charge is 0.352 e. The first kappa shape index (κ1) is 17.4. The average Bonchev–Trinajstić information content (AvgIpc) is 2.35. The number of carbonyl (C=O) groups is 2. The van der Waals surface area contributed by atoms with E-state index in [-0.39, 0.29) is 35.5 Å². The lowest BCUT2D eigenvalue weighted by Crippen LogP contribution is -2.40. The number of rotatable bonds is 5. The Morgan fingerprint density at radius 2 is 1.90 bits per heavy atom. The summed E-state index contributed by atoms with van der Waals surface area (Å²) >= 11 is 5.96. The number of carbonyl (C=O) groups excluding carboxylic acids is 2. The smallest absolute Gasteiger partial charge is 0.254 e. The molecule has 0 unspecified atom stereocenters. The van der Waals surface area contributed by atoms with Crippen LogP contribution in [-0.4, -0.2) is 41.3 Å². The molecule has 0 radical (unpaired) electrons. The third kappa shape index (κ3) is 5.34. The normalized spacial score (nSPS) is 10.9. The molecule has 0 fully saturated rings. The number of hydrogen-bond acceptors (Lipinski definition) is 3. The summed E-state index contributed by atoms with van der Waals surface area (Å²) in [7, 11) is 1.59. The molecule has 0 spiro atoms. The highest BCUT2D eigenvalue weighted by Crippen LogP contribution is 2.18. The van der Waals surface area contributed by atoms with Gasteiger partial charge in [-0.15, -0.1) is 0 Å². The maximum Gasteiger partial charge on any atom is 0.254 e. The van der Waals surface area contributed by atoms with Gasteiger partial charge in [-0.05, 0) is 31.9 Å². The minimum atomic E-state index is -0.250. The van der Waals surface area contributed by atoms with Crippen LogP contribution in [0, 0.1) is 0 Å². The van der Waals surface area contributed by atoms with Gasteiger partial charge >= 0.3 is 0 Å². The second kappa shape index (κ2) is 7.41. The Morgan fingerprint density at radius 3 is 2.43 bits per heavy atom. The Morgan fingerprint density at radius 1 is 1.29 bits per heavy atom. The molecule has 1 aromatic heterocycles. The molecule has 2 amide bonds. The molecular weight excluding hydrogens is 290 g/mol. The van der Waals surface area contributed by atoms with Gasteiger partial charge in [0, 0.05) is 24.3 Å². The molecule has 0 saturated carbocycles. The van der Waals surface area contributed by atoms with E-state index in [1.165, 1.54) is 11.0 Å². The van der Waals surface area contributed by atoms with Gasteiger partial charge < -0.3 is 10.2 Å². The second-order valence-corrected chi connectivity index (χ2v) is 6.03. The van der Waals surface area contributed by atoms with Gasteiger partial charge in [0.2, 0.25) is 5.91 Å². The van der Waals surface area contributed by atoms with E-state index in [0.29, 0.717) is 5.56 Å². The monoisotopic (exact) mass is 311 g/mol. The number of likely N-dealkylation sites (N-methyl/N-ethyl adjacent to an activating group) is 1. The summed E-state index contributed by atoms with van der Waals surface area (Å²) in [6.07, 6.45) is 0. The second-order valence-electron chi connectivity index (χ2n) is 5.64. The van der Waals surface area contributed by atoms with Crippen molar-refractivity contribution in [3.63, 3.8) is 0 Å². The standard InChI is InChI=1S/C15H22ClN3O2/c1-9(2)12-6-11(7-13(16)18-12)15(21)19(5)8-14(20)17-10(3)4/h6-7,9-10H,8H2,1-5H3,(H,17,20). The first-order valence-electron chi connectivity index (χ1n) is 6.93. The zero-order chi connectivity index (χ0) is 16.2. The molecule has 1 rings (SSSR count). The number of aromatic nitrogens is 1. The molecule has 1 heterocycles.